The van der Waals surface area contributed by atoms with Crippen molar-refractivity contribution in [2.24, 2.45) is 0 Å². The molecule has 1 N–H and O–H groups in total. The fraction of sp³-hybridized carbons (Fsp3) is 0.350. The van der Waals surface area contributed by atoms with Gasteiger partial charge in [-0.15, -0.1) is 0 Å². The second-order valence-corrected chi connectivity index (χ2v) is 6.93. The summed E-state index contributed by atoms with van der Waals surface area (Å²) in [6.45, 7) is 7.11. The summed E-state index contributed by atoms with van der Waals surface area (Å²) in [6.07, 6.45) is 0. The van der Waals surface area contributed by atoms with E-state index < -0.39 is 0 Å². The first-order chi connectivity index (χ1) is 12.5. The average molecular weight is 374 g/mol. The number of aryl methyl sites for hydroxylation is 2. The molecular formula is C20H24ClN3O2. The molecule has 2 aromatic rings. The molecule has 1 aliphatic heterocycles. The smallest absolute Gasteiger partial charge is 0.320 e. The lowest BCUT2D eigenvalue weighted by molar-refractivity contribution is 0.181. The Labute approximate surface area is 159 Å². The Balaban J connectivity index is 1.45. The van der Waals surface area contributed by atoms with E-state index in [1.807, 2.05) is 55.1 Å². The summed E-state index contributed by atoms with van der Waals surface area (Å²) in [5.41, 5.74) is 3.35. The number of hydrogen-bond acceptors (Lipinski definition) is 3. The summed E-state index contributed by atoms with van der Waals surface area (Å²) in [7, 11) is 0. The lowest BCUT2D eigenvalue weighted by Gasteiger charge is -2.36. The SMILES string of the molecule is Cc1ccc(OCNC(=O)N2CCN(c3cccc(Cl)c3)CC2)c(C)c1. The number of carbonyl (C=O) groups excluding carboxylic acids is 1. The Morgan fingerprint density at radius 2 is 1.88 bits per heavy atom. The van der Waals surface area contributed by atoms with Gasteiger partial charge in [-0.05, 0) is 43.7 Å². The molecule has 2 aromatic carbocycles. The van der Waals surface area contributed by atoms with Crippen LogP contribution in [0.2, 0.25) is 5.02 Å². The number of nitrogens with one attached hydrogen (secondary N) is 1. The van der Waals surface area contributed by atoms with Crippen molar-refractivity contribution in [3.05, 3.63) is 58.6 Å². The van der Waals surface area contributed by atoms with Crippen LogP contribution in [0, 0.1) is 13.8 Å². The van der Waals surface area contributed by atoms with Crippen LogP contribution >= 0.6 is 11.6 Å². The first-order valence-electron chi connectivity index (χ1n) is 8.76. The maximum absolute atomic E-state index is 12.3. The van der Waals surface area contributed by atoms with Crippen LogP contribution in [0.4, 0.5) is 10.5 Å². The minimum Gasteiger partial charge on any atom is -0.473 e. The first kappa shape index (κ1) is 18.4. The van der Waals surface area contributed by atoms with Crippen LogP contribution in [0.5, 0.6) is 5.75 Å². The molecule has 0 unspecified atom stereocenters. The van der Waals surface area contributed by atoms with Crippen molar-refractivity contribution < 1.29 is 9.53 Å². The van der Waals surface area contributed by atoms with E-state index in [2.05, 4.69) is 16.3 Å². The summed E-state index contributed by atoms with van der Waals surface area (Å²) < 4.78 is 5.67. The van der Waals surface area contributed by atoms with Crippen molar-refractivity contribution in [1.82, 2.24) is 10.2 Å². The lowest BCUT2D eigenvalue weighted by Crippen LogP contribution is -2.52. The third-order valence-corrected chi connectivity index (χ3v) is 4.76. The Hall–Kier alpha value is -2.40. The number of amides is 2. The van der Waals surface area contributed by atoms with Gasteiger partial charge in [-0.1, -0.05) is 35.4 Å². The Bertz CT molecular complexity index is 773. The van der Waals surface area contributed by atoms with Gasteiger partial charge in [0.1, 0.15) is 5.75 Å². The minimum absolute atomic E-state index is 0.0968. The molecule has 2 amide bonds. The molecule has 0 aromatic heterocycles. The van der Waals surface area contributed by atoms with Gasteiger partial charge in [0.25, 0.3) is 0 Å². The highest BCUT2D eigenvalue weighted by Gasteiger charge is 2.21. The standard InChI is InChI=1S/C20H24ClN3O2/c1-15-6-7-19(16(2)12-15)26-14-22-20(25)24-10-8-23(9-11-24)18-5-3-4-17(21)13-18/h3-7,12-13H,8-11,14H2,1-2H3,(H,22,25). The number of ether oxygens (including phenoxy) is 1. The van der Waals surface area contributed by atoms with Crippen LogP contribution in [0.3, 0.4) is 0 Å². The number of rotatable bonds is 4. The predicted octanol–water partition coefficient (Wildman–Crippen LogP) is 3.82. The summed E-state index contributed by atoms with van der Waals surface area (Å²) in [5, 5.41) is 3.56. The van der Waals surface area contributed by atoms with Gasteiger partial charge in [0.05, 0.1) is 0 Å². The average Bonchev–Trinajstić information content (AvgIpc) is 2.63. The van der Waals surface area contributed by atoms with Gasteiger partial charge in [0.2, 0.25) is 0 Å². The molecule has 26 heavy (non-hydrogen) atoms. The number of anilines is 1. The third-order valence-electron chi connectivity index (χ3n) is 4.52. The van der Waals surface area contributed by atoms with Crippen molar-refractivity contribution in [2.75, 3.05) is 37.8 Å². The molecule has 0 radical (unpaired) electrons. The van der Waals surface area contributed by atoms with Crippen LogP contribution in [-0.4, -0.2) is 43.8 Å². The number of carbonyl (C=O) groups is 1. The second kappa shape index (κ2) is 8.32. The number of piperazine rings is 1. The summed E-state index contributed by atoms with van der Waals surface area (Å²) in [5.74, 6) is 0.793. The van der Waals surface area contributed by atoms with Gasteiger partial charge in [0, 0.05) is 36.9 Å². The maximum Gasteiger partial charge on any atom is 0.320 e. The van der Waals surface area contributed by atoms with Gasteiger partial charge >= 0.3 is 6.03 Å². The van der Waals surface area contributed by atoms with Crippen molar-refractivity contribution >= 4 is 23.3 Å². The first-order valence-corrected chi connectivity index (χ1v) is 9.14. The number of nitrogens with zero attached hydrogens (tertiary/aromatic N) is 2. The highest BCUT2D eigenvalue weighted by Crippen LogP contribution is 2.21. The molecule has 6 heteroatoms. The molecule has 1 heterocycles. The van der Waals surface area contributed by atoms with Crippen molar-refractivity contribution in [3.8, 4) is 5.75 Å². The molecule has 0 atom stereocenters. The van der Waals surface area contributed by atoms with E-state index in [9.17, 15) is 4.79 Å². The van der Waals surface area contributed by atoms with Crippen molar-refractivity contribution in [1.29, 1.82) is 0 Å². The zero-order chi connectivity index (χ0) is 18.5. The van der Waals surface area contributed by atoms with Crippen molar-refractivity contribution in [3.63, 3.8) is 0 Å². The van der Waals surface area contributed by atoms with E-state index >= 15 is 0 Å². The molecule has 138 valence electrons. The Morgan fingerprint density at radius 3 is 2.58 bits per heavy atom. The number of urea groups is 1. The summed E-state index contributed by atoms with van der Waals surface area (Å²) in [4.78, 5) is 16.4. The normalized spacial score (nSPS) is 14.3. The molecule has 0 bridgehead atoms. The molecular weight excluding hydrogens is 350 g/mol. The molecule has 0 aliphatic carbocycles. The number of hydrogen-bond donors (Lipinski definition) is 1. The lowest BCUT2D eigenvalue weighted by atomic mass is 10.1. The van der Waals surface area contributed by atoms with Gasteiger partial charge in [-0.2, -0.15) is 0 Å². The molecule has 1 fully saturated rings. The molecule has 3 rings (SSSR count). The summed E-state index contributed by atoms with van der Waals surface area (Å²) >= 11 is 6.06. The number of halogens is 1. The zero-order valence-corrected chi connectivity index (χ0v) is 15.9. The van der Waals surface area contributed by atoms with E-state index in [0.717, 1.165) is 35.1 Å². The molecule has 1 aliphatic rings. The maximum atomic E-state index is 12.3. The van der Waals surface area contributed by atoms with Gasteiger partial charge in [-0.3, -0.25) is 0 Å². The Kier molecular flexibility index (Phi) is 5.89. The number of benzene rings is 2. The highest BCUT2D eigenvalue weighted by atomic mass is 35.5. The topological polar surface area (TPSA) is 44.8 Å². The second-order valence-electron chi connectivity index (χ2n) is 6.49. The van der Waals surface area contributed by atoms with Crippen molar-refractivity contribution in [2.45, 2.75) is 13.8 Å². The quantitative estimate of drug-likeness (QED) is 0.828. The predicted molar refractivity (Wildman–Crippen MR) is 105 cm³/mol. The van der Waals surface area contributed by atoms with E-state index in [0.29, 0.717) is 13.1 Å². The van der Waals surface area contributed by atoms with E-state index in [-0.39, 0.29) is 12.8 Å². The zero-order valence-electron chi connectivity index (χ0n) is 15.2. The van der Waals surface area contributed by atoms with E-state index in [4.69, 9.17) is 16.3 Å². The molecule has 5 nitrogen and oxygen atoms in total. The third kappa shape index (κ3) is 4.61. The summed E-state index contributed by atoms with van der Waals surface area (Å²) in [6, 6.07) is 13.7. The molecule has 0 saturated carbocycles. The van der Waals surface area contributed by atoms with Gasteiger partial charge < -0.3 is 19.9 Å². The molecule has 1 saturated heterocycles. The monoisotopic (exact) mass is 373 g/mol. The van der Waals surface area contributed by atoms with E-state index in [1.165, 1.54) is 5.56 Å². The fourth-order valence-electron chi connectivity index (χ4n) is 3.09. The van der Waals surface area contributed by atoms with Crippen LogP contribution in [-0.2, 0) is 0 Å². The van der Waals surface area contributed by atoms with E-state index in [1.54, 1.807) is 0 Å². The van der Waals surface area contributed by atoms with Gasteiger partial charge in [-0.25, -0.2) is 4.79 Å². The Morgan fingerprint density at radius 1 is 1.12 bits per heavy atom. The minimum atomic E-state index is -0.0968. The van der Waals surface area contributed by atoms with Crippen LogP contribution in [0.25, 0.3) is 0 Å². The molecule has 0 spiro atoms. The van der Waals surface area contributed by atoms with Crippen LogP contribution < -0.4 is 15.0 Å². The largest absolute Gasteiger partial charge is 0.473 e. The van der Waals surface area contributed by atoms with Crippen LogP contribution in [0.15, 0.2) is 42.5 Å². The highest BCUT2D eigenvalue weighted by molar-refractivity contribution is 6.30. The fourth-order valence-corrected chi connectivity index (χ4v) is 3.27. The van der Waals surface area contributed by atoms with Crippen LogP contribution in [0.1, 0.15) is 11.1 Å². The van der Waals surface area contributed by atoms with Gasteiger partial charge in [0.15, 0.2) is 6.73 Å².